The Morgan fingerprint density at radius 1 is 1.25 bits per heavy atom. The predicted octanol–water partition coefficient (Wildman–Crippen LogP) is 3.74. The Bertz CT molecular complexity index is 621. The Balaban J connectivity index is 1.86. The fourth-order valence-corrected chi connectivity index (χ4v) is 2.48. The molecule has 0 saturated carbocycles. The second-order valence-corrected chi connectivity index (χ2v) is 5.98. The van der Waals surface area contributed by atoms with Crippen LogP contribution in [-0.4, -0.2) is 24.3 Å². The molecule has 0 spiro atoms. The summed E-state index contributed by atoms with van der Waals surface area (Å²) in [4.78, 5) is 12.1. The highest BCUT2D eigenvalue weighted by atomic mass is 16.5. The third kappa shape index (κ3) is 5.20. The van der Waals surface area contributed by atoms with Gasteiger partial charge in [0.25, 0.3) is 0 Å². The van der Waals surface area contributed by atoms with Gasteiger partial charge in [-0.25, -0.2) is 0 Å². The van der Waals surface area contributed by atoms with E-state index in [1.54, 1.807) is 6.92 Å². The molecule has 0 amide bonds. The van der Waals surface area contributed by atoms with Gasteiger partial charge in [-0.3, -0.25) is 4.79 Å². The van der Waals surface area contributed by atoms with E-state index in [2.05, 4.69) is 5.16 Å². The van der Waals surface area contributed by atoms with Crippen molar-refractivity contribution in [1.82, 2.24) is 5.16 Å². The number of aromatic nitrogens is 1. The lowest BCUT2D eigenvalue weighted by molar-refractivity contribution is -0.146. The summed E-state index contributed by atoms with van der Waals surface area (Å²) in [7, 11) is 0. The normalized spacial score (nSPS) is 12.3. The van der Waals surface area contributed by atoms with Crippen LogP contribution in [0.25, 0.3) is 0 Å². The standard InChI is InChI=1S/C19H25NO4/c1-4-23-19(21)18(14(2)3)17-12-16(20-24-17)10-11-22-13-15-8-6-5-7-9-15/h5-9,12,14,18H,4,10-11,13H2,1-3H3. The van der Waals surface area contributed by atoms with Crippen molar-refractivity contribution < 1.29 is 18.8 Å². The third-order valence-corrected chi connectivity index (χ3v) is 3.70. The van der Waals surface area contributed by atoms with Gasteiger partial charge in [0.05, 0.1) is 25.5 Å². The number of hydrogen-bond donors (Lipinski definition) is 0. The van der Waals surface area contributed by atoms with Crippen molar-refractivity contribution in [1.29, 1.82) is 0 Å². The van der Waals surface area contributed by atoms with Gasteiger partial charge in [-0.15, -0.1) is 0 Å². The fraction of sp³-hybridized carbons (Fsp3) is 0.474. The zero-order chi connectivity index (χ0) is 17.4. The maximum Gasteiger partial charge on any atom is 0.317 e. The lowest BCUT2D eigenvalue weighted by Crippen LogP contribution is -2.20. The first-order valence-corrected chi connectivity index (χ1v) is 8.35. The van der Waals surface area contributed by atoms with Crippen molar-refractivity contribution in [3.63, 3.8) is 0 Å². The molecule has 1 unspecified atom stereocenters. The lowest BCUT2D eigenvalue weighted by Gasteiger charge is -2.15. The number of nitrogens with zero attached hydrogens (tertiary/aromatic N) is 1. The summed E-state index contributed by atoms with van der Waals surface area (Å²) < 4.78 is 16.1. The molecule has 0 radical (unpaired) electrons. The molecule has 0 aliphatic carbocycles. The van der Waals surface area contributed by atoms with Crippen molar-refractivity contribution >= 4 is 5.97 Å². The summed E-state index contributed by atoms with van der Waals surface area (Å²) in [6.07, 6.45) is 0.643. The smallest absolute Gasteiger partial charge is 0.317 e. The van der Waals surface area contributed by atoms with Gasteiger partial charge in [-0.2, -0.15) is 0 Å². The number of ether oxygens (including phenoxy) is 2. The van der Waals surface area contributed by atoms with Gasteiger partial charge in [0.15, 0.2) is 5.76 Å². The van der Waals surface area contributed by atoms with E-state index >= 15 is 0 Å². The van der Waals surface area contributed by atoms with Crippen molar-refractivity contribution in [2.24, 2.45) is 5.92 Å². The van der Waals surface area contributed by atoms with Crippen LogP contribution in [0.4, 0.5) is 0 Å². The second kappa shape index (κ2) is 9.23. The van der Waals surface area contributed by atoms with Crippen LogP contribution in [-0.2, 0) is 27.3 Å². The molecule has 0 aliphatic rings. The van der Waals surface area contributed by atoms with Crippen LogP contribution in [0.3, 0.4) is 0 Å². The first kappa shape index (κ1) is 18.2. The summed E-state index contributed by atoms with van der Waals surface area (Å²) in [5.41, 5.74) is 1.92. The van der Waals surface area contributed by atoms with Crippen LogP contribution in [0.15, 0.2) is 40.9 Å². The molecule has 0 aliphatic heterocycles. The van der Waals surface area contributed by atoms with E-state index in [1.165, 1.54) is 0 Å². The largest absolute Gasteiger partial charge is 0.465 e. The molecule has 5 heteroatoms. The number of carbonyl (C=O) groups excluding carboxylic acids is 1. The van der Waals surface area contributed by atoms with Gasteiger partial charge < -0.3 is 14.0 Å². The zero-order valence-electron chi connectivity index (χ0n) is 14.5. The minimum absolute atomic E-state index is 0.0826. The molecule has 5 nitrogen and oxygen atoms in total. The summed E-state index contributed by atoms with van der Waals surface area (Å²) in [5.74, 6) is -0.0485. The summed E-state index contributed by atoms with van der Waals surface area (Å²) >= 11 is 0. The summed E-state index contributed by atoms with van der Waals surface area (Å²) in [6.45, 7) is 7.21. The van der Waals surface area contributed by atoms with Gasteiger partial charge in [0, 0.05) is 12.5 Å². The SMILES string of the molecule is CCOC(=O)C(c1cc(CCOCc2ccccc2)no1)C(C)C. The van der Waals surface area contributed by atoms with Crippen LogP contribution in [0.2, 0.25) is 0 Å². The molecule has 1 aromatic heterocycles. The molecular formula is C19H25NO4. The molecule has 1 atom stereocenters. The van der Waals surface area contributed by atoms with Gasteiger partial charge in [0.1, 0.15) is 5.92 Å². The zero-order valence-corrected chi connectivity index (χ0v) is 14.5. The predicted molar refractivity (Wildman–Crippen MR) is 90.5 cm³/mol. The molecule has 0 N–H and O–H groups in total. The van der Waals surface area contributed by atoms with E-state index in [-0.39, 0.29) is 11.9 Å². The number of carbonyl (C=O) groups is 1. The van der Waals surface area contributed by atoms with Crippen LogP contribution in [0, 0.1) is 5.92 Å². The molecule has 2 aromatic rings. The van der Waals surface area contributed by atoms with E-state index in [9.17, 15) is 4.79 Å². The fourth-order valence-electron chi connectivity index (χ4n) is 2.48. The number of hydrogen-bond acceptors (Lipinski definition) is 5. The van der Waals surface area contributed by atoms with Crippen molar-refractivity contribution in [2.45, 2.75) is 39.7 Å². The third-order valence-electron chi connectivity index (χ3n) is 3.70. The summed E-state index contributed by atoms with van der Waals surface area (Å²) in [6, 6.07) is 11.8. The minimum Gasteiger partial charge on any atom is -0.465 e. The number of benzene rings is 1. The highest BCUT2D eigenvalue weighted by Gasteiger charge is 2.29. The van der Waals surface area contributed by atoms with Crippen LogP contribution in [0.5, 0.6) is 0 Å². The summed E-state index contributed by atoms with van der Waals surface area (Å²) in [5, 5.41) is 4.04. The van der Waals surface area contributed by atoms with E-state index in [0.29, 0.717) is 32.0 Å². The average molecular weight is 331 g/mol. The van der Waals surface area contributed by atoms with Crippen LogP contribution < -0.4 is 0 Å². The lowest BCUT2D eigenvalue weighted by atomic mass is 9.93. The van der Waals surface area contributed by atoms with E-state index in [1.807, 2.05) is 50.2 Å². The Labute approximate surface area is 142 Å². The molecule has 0 fully saturated rings. The highest BCUT2D eigenvalue weighted by Crippen LogP contribution is 2.26. The van der Waals surface area contributed by atoms with Crippen molar-refractivity contribution in [3.05, 3.63) is 53.4 Å². The van der Waals surface area contributed by atoms with E-state index < -0.39 is 5.92 Å². The van der Waals surface area contributed by atoms with Gasteiger partial charge >= 0.3 is 5.97 Å². The van der Waals surface area contributed by atoms with Gasteiger partial charge in [-0.1, -0.05) is 49.3 Å². The van der Waals surface area contributed by atoms with Gasteiger partial charge in [-0.05, 0) is 18.4 Å². The van der Waals surface area contributed by atoms with E-state index in [4.69, 9.17) is 14.0 Å². The topological polar surface area (TPSA) is 61.6 Å². The molecule has 0 bridgehead atoms. The Morgan fingerprint density at radius 2 is 2.00 bits per heavy atom. The quantitative estimate of drug-likeness (QED) is 0.517. The maximum absolute atomic E-state index is 12.1. The van der Waals surface area contributed by atoms with Crippen LogP contribution >= 0.6 is 0 Å². The number of rotatable bonds is 9. The first-order valence-electron chi connectivity index (χ1n) is 8.35. The molecule has 0 saturated heterocycles. The Hall–Kier alpha value is -2.14. The molecular weight excluding hydrogens is 306 g/mol. The number of esters is 1. The first-order chi connectivity index (χ1) is 11.6. The molecule has 130 valence electrons. The molecule has 1 heterocycles. The molecule has 24 heavy (non-hydrogen) atoms. The van der Waals surface area contributed by atoms with Crippen LogP contribution in [0.1, 0.15) is 43.7 Å². The Morgan fingerprint density at radius 3 is 2.67 bits per heavy atom. The second-order valence-electron chi connectivity index (χ2n) is 5.98. The van der Waals surface area contributed by atoms with Crippen molar-refractivity contribution in [2.75, 3.05) is 13.2 Å². The monoisotopic (exact) mass is 331 g/mol. The average Bonchev–Trinajstić information content (AvgIpc) is 3.01. The minimum atomic E-state index is -0.420. The van der Waals surface area contributed by atoms with Gasteiger partial charge in [0.2, 0.25) is 0 Å². The molecule has 1 aromatic carbocycles. The molecule has 2 rings (SSSR count). The Kier molecular flexibility index (Phi) is 7.00. The maximum atomic E-state index is 12.1. The van der Waals surface area contributed by atoms with Crippen molar-refractivity contribution in [3.8, 4) is 0 Å². The van der Waals surface area contributed by atoms with E-state index in [0.717, 1.165) is 11.3 Å². The highest BCUT2D eigenvalue weighted by molar-refractivity contribution is 5.77.